The fraction of sp³-hybridized carbons (Fsp3) is 0.118. The quantitative estimate of drug-likeness (QED) is 0.0343. The molecule has 378 valence electrons. The van der Waals surface area contributed by atoms with Crippen molar-refractivity contribution >= 4 is 69.5 Å². The molecule has 0 saturated heterocycles. The Morgan fingerprint density at radius 1 is 0.395 bits per heavy atom. The van der Waals surface area contributed by atoms with Crippen LogP contribution in [0.4, 0.5) is 38.9 Å². The summed E-state index contributed by atoms with van der Waals surface area (Å²) in [5, 5.41) is 0. The first-order chi connectivity index (χ1) is 37.2. The van der Waals surface area contributed by atoms with Crippen LogP contribution in [0.5, 0.6) is 11.5 Å². The molecular weight excluding hydrogens is 941 g/mol. The first-order valence-corrected chi connectivity index (χ1v) is 25.5. The van der Waals surface area contributed by atoms with Crippen LogP contribution in [-0.4, -0.2) is 32.4 Å². The summed E-state index contributed by atoms with van der Waals surface area (Å²) in [5.74, 6) is 0.848. The van der Waals surface area contributed by atoms with Crippen molar-refractivity contribution < 1.29 is 28.5 Å². The number of methoxy groups -OCH3 is 1. The van der Waals surface area contributed by atoms with Crippen LogP contribution >= 0.6 is 0 Å². The van der Waals surface area contributed by atoms with E-state index < -0.39 is 6.16 Å². The zero-order valence-electron chi connectivity index (χ0n) is 43.3. The number of unbranched alkanes of at least 4 members (excludes halogenated alkanes) is 1. The lowest BCUT2D eigenvalue weighted by atomic mass is 9.91. The third-order valence-electron chi connectivity index (χ3n) is 12.9. The number of carbonyl (C=O) groups excluding carboxylic acids is 2. The van der Waals surface area contributed by atoms with Gasteiger partial charge < -0.3 is 28.7 Å². The molecule has 0 radical (unpaired) electrons. The highest BCUT2D eigenvalue weighted by atomic mass is 16.7. The molecule has 9 aromatic carbocycles. The van der Waals surface area contributed by atoms with Gasteiger partial charge in [0.2, 0.25) is 0 Å². The van der Waals surface area contributed by atoms with Gasteiger partial charge in [-0.1, -0.05) is 145 Å². The van der Waals surface area contributed by atoms with E-state index in [9.17, 15) is 9.59 Å². The number of aryl methyl sites for hydroxylation is 2. The third kappa shape index (κ3) is 13.4. The maximum Gasteiger partial charge on any atom is 0.513 e. The van der Waals surface area contributed by atoms with E-state index >= 15 is 0 Å². The minimum atomic E-state index is -0.787. The fourth-order valence-electron chi connectivity index (χ4n) is 8.88. The first-order valence-electron chi connectivity index (χ1n) is 25.5. The Morgan fingerprint density at radius 2 is 0.724 bits per heavy atom. The molecule has 0 unspecified atom stereocenters. The van der Waals surface area contributed by atoms with E-state index in [2.05, 4.69) is 224 Å². The molecule has 8 heteroatoms. The van der Waals surface area contributed by atoms with Crippen molar-refractivity contribution in [3.8, 4) is 11.5 Å². The summed E-state index contributed by atoms with van der Waals surface area (Å²) in [6.07, 6.45) is 4.87. The molecule has 9 aromatic rings. The molecule has 0 bridgehead atoms. The number of rotatable bonds is 19. The molecule has 8 nitrogen and oxygen atoms in total. The second-order valence-corrected chi connectivity index (χ2v) is 18.4. The van der Waals surface area contributed by atoms with Gasteiger partial charge in [-0.3, -0.25) is 4.79 Å². The van der Waals surface area contributed by atoms with Crippen LogP contribution < -0.4 is 19.3 Å². The van der Waals surface area contributed by atoms with Crippen LogP contribution in [0.25, 0.3) is 23.3 Å². The van der Waals surface area contributed by atoms with Crippen LogP contribution in [-0.2, 0) is 14.3 Å². The predicted molar refractivity (Wildman–Crippen MR) is 309 cm³/mol. The summed E-state index contributed by atoms with van der Waals surface area (Å²) in [6.45, 7) is 5.99. The Hall–Kier alpha value is -9.40. The Kier molecular flexibility index (Phi) is 17.0. The SMILES string of the molecule is COc1ccc(N(c2ccc(C)cc2)c2ccc(C=C(c3ccccc3)c3ccc(C(=Cc4ccc(N(c5ccc(C)cc5)c5ccc(OC(=O)OCCCCOC(C)=O)cc5)cc4)c4ccccc4)cc3)cc2)cc1. The topological polar surface area (TPSA) is 77.5 Å². The highest BCUT2D eigenvalue weighted by Crippen LogP contribution is 2.39. The van der Waals surface area contributed by atoms with Gasteiger partial charge in [-0.05, 0) is 180 Å². The van der Waals surface area contributed by atoms with Gasteiger partial charge in [-0.15, -0.1) is 0 Å². The van der Waals surface area contributed by atoms with Crippen molar-refractivity contribution in [3.05, 3.63) is 275 Å². The predicted octanol–water partition coefficient (Wildman–Crippen LogP) is 17.3. The average Bonchev–Trinajstić information content (AvgIpc) is 3.46. The molecule has 0 N–H and O–H groups in total. The number of carbonyl (C=O) groups is 2. The van der Waals surface area contributed by atoms with E-state index in [1.54, 1.807) is 19.2 Å². The Bertz CT molecular complexity index is 3370. The summed E-state index contributed by atoms with van der Waals surface area (Å²) in [7, 11) is 1.69. The molecule has 0 aromatic heterocycles. The van der Waals surface area contributed by atoms with E-state index in [-0.39, 0.29) is 19.2 Å². The summed E-state index contributed by atoms with van der Waals surface area (Å²) < 4.78 is 21.1. The molecule has 0 spiro atoms. The Morgan fingerprint density at radius 3 is 1.09 bits per heavy atom. The number of ether oxygens (including phenoxy) is 4. The Labute approximate surface area is 446 Å². The van der Waals surface area contributed by atoms with E-state index in [1.165, 1.54) is 12.5 Å². The normalized spacial score (nSPS) is 11.4. The van der Waals surface area contributed by atoms with Crippen molar-refractivity contribution in [1.29, 1.82) is 0 Å². The van der Waals surface area contributed by atoms with Gasteiger partial charge in [0.1, 0.15) is 11.5 Å². The smallest absolute Gasteiger partial charge is 0.497 e. The molecule has 0 aliphatic carbocycles. The van der Waals surface area contributed by atoms with Crippen LogP contribution in [0.2, 0.25) is 0 Å². The average molecular weight is 1000 g/mol. The summed E-state index contributed by atoms with van der Waals surface area (Å²) in [5.41, 5.74) is 17.2. The van der Waals surface area contributed by atoms with Crippen LogP contribution in [0.15, 0.2) is 231 Å². The molecule has 0 fully saturated rings. The lowest BCUT2D eigenvalue weighted by molar-refractivity contribution is -0.141. The lowest BCUT2D eigenvalue weighted by Gasteiger charge is -2.26. The van der Waals surface area contributed by atoms with Gasteiger partial charge >= 0.3 is 12.1 Å². The molecule has 9 rings (SSSR count). The summed E-state index contributed by atoms with van der Waals surface area (Å²) in [4.78, 5) is 27.9. The maximum absolute atomic E-state index is 12.5. The van der Waals surface area contributed by atoms with Crippen LogP contribution in [0.1, 0.15) is 64.3 Å². The number of hydrogen-bond donors (Lipinski definition) is 0. The van der Waals surface area contributed by atoms with E-state index in [4.69, 9.17) is 18.9 Å². The van der Waals surface area contributed by atoms with Gasteiger partial charge in [0, 0.05) is 41.0 Å². The molecule has 0 aliphatic heterocycles. The minimum absolute atomic E-state index is 0.164. The molecule has 0 aliphatic rings. The van der Waals surface area contributed by atoms with Crippen molar-refractivity contribution in [2.24, 2.45) is 0 Å². The Balaban J connectivity index is 0.974. The van der Waals surface area contributed by atoms with Crippen molar-refractivity contribution in [2.45, 2.75) is 33.6 Å². The largest absolute Gasteiger partial charge is 0.513 e. The molecule has 0 atom stereocenters. The zero-order chi connectivity index (χ0) is 52.6. The third-order valence-corrected chi connectivity index (χ3v) is 12.9. The van der Waals surface area contributed by atoms with E-state index in [0.717, 1.165) is 90.0 Å². The van der Waals surface area contributed by atoms with Gasteiger partial charge in [-0.2, -0.15) is 0 Å². The minimum Gasteiger partial charge on any atom is -0.497 e. The van der Waals surface area contributed by atoms with Gasteiger partial charge in [0.15, 0.2) is 0 Å². The van der Waals surface area contributed by atoms with Crippen LogP contribution in [0.3, 0.4) is 0 Å². The number of benzene rings is 9. The molecule has 76 heavy (non-hydrogen) atoms. The van der Waals surface area contributed by atoms with Crippen molar-refractivity contribution in [3.63, 3.8) is 0 Å². The van der Waals surface area contributed by atoms with E-state index in [0.29, 0.717) is 18.6 Å². The number of nitrogens with zero attached hydrogens (tertiary/aromatic N) is 2. The molecule has 0 saturated carbocycles. The highest BCUT2D eigenvalue weighted by molar-refractivity contribution is 5.95. The summed E-state index contributed by atoms with van der Waals surface area (Å²) >= 11 is 0. The number of hydrogen-bond acceptors (Lipinski definition) is 8. The van der Waals surface area contributed by atoms with Gasteiger partial charge in [0.05, 0.1) is 20.3 Å². The van der Waals surface area contributed by atoms with Crippen LogP contribution in [0, 0.1) is 13.8 Å². The second-order valence-electron chi connectivity index (χ2n) is 18.4. The zero-order valence-corrected chi connectivity index (χ0v) is 43.3. The standard InChI is InChI=1S/C68H60N2O6/c1-49-17-29-58(30-18-49)69(62-37-41-64(73-4)42-38-62)60-33-21-52(22-34-60)47-66(54-13-7-5-8-14-54)56-25-27-57(28-26-56)67(55-15-9-6-10-16-55)48-53-23-35-61(36-24-53)70(59-31-19-50(2)20-32-59)63-39-43-65(44-40-63)76-68(72)75-46-12-11-45-74-51(3)71/h5-10,13-44,47-48H,11-12,45-46H2,1-4H3. The van der Waals surface area contributed by atoms with Crippen molar-refractivity contribution in [2.75, 3.05) is 30.1 Å². The van der Waals surface area contributed by atoms with E-state index in [1.807, 2.05) is 30.3 Å². The molecule has 0 heterocycles. The van der Waals surface area contributed by atoms with Gasteiger partial charge in [-0.25, -0.2) is 4.79 Å². The fourth-order valence-corrected chi connectivity index (χ4v) is 8.88. The summed E-state index contributed by atoms with van der Waals surface area (Å²) in [6, 6.07) is 79.8. The monoisotopic (exact) mass is 1000 g/mol. The lowest BCUT2D eigenvalue weighted by Crippen LogP contribution is -2.13. The highest BCUT2D eigenvalue weighted by Gasteiger charge is 2.17. The molecular formula is C68H60N2O6. The second kappa shape index (κ2) is 25.0. The first kappa shape index (κ1) is 51.5. The maximum atomic E-state index is 12.5. The van der Waals surface area contributed by atoms with Gasteiger partial charge in [0.25, 0.3) is 0 Å². The number of esters is 1. The van der Waals surface area contributed by atoms with Crippen molar-refractivity contribution in [1.82, 2.24) is 0 Å². The number of anilines is 6. The molecule has 0 amide bonds.